The average molecular weight is 331 g/mol. The van der Waals surface area contributed by atoms with Crippen LogP contribution in [0.15, 0.2) is 23.1 Å². The number of carbonyl (C=O) groups excluding carboxylic acids is 1. The molecular weight excluding hydrogens is 312 g/mol. The molecule has 0 aromatic heterocycles. The Morgan fingerprint density at radius 1 is 1.19 bits per heavy atom. The zero-order valence-electron chi connectivity index (χ0n) is 11.9. The number of amides is 1. The number of hydrogen-bond acceptors (Lipinski definition) is 3. The van der Waals surface area contributed by atoms with Crippen LogP contribution in [0.5, 0.6) is 0 Å². The van der Waals surface area contributed by atoms with Gasteiger partial charge in [0.15, 0.2) is 0 Å². The number of likely N-dealkylation sites (tertiary alicyclic amines) is 1. The summed E-state index contributed by atoms with van der Waals surface area (Å²) in [5, 5.41) is 0.108. The van der Waals surface area contributed by atoms with Gasteiger partial charge < -0.3 is 4.90 Å². The molecule has 0 atom stereocenters. The van der Waals surface area contributed by atoms with Crippen LogP contribution < -0.4 is 4.72 Å². The van der Waals surface area contributed by atoms with Gasteiger partial charge in [-0.1, -0.05) is 24.4 Å². The zero-order valence-corrected chi connectivity index (χ0v) is 13.5. The smallest absolute Gasteiger partial charge is 0.253 e. The predicted octanol–water partition coefficient (Wildman–Crippen LogP) is 2.26. The summed E-state index contributed by atoms with van der Waals surface area (Å²) in [5.41, 5.74) is 0.357. The summed E-state index contributed by atoms with van der Waals surface area (Å²) in [5.74, 6) is -0.138. The number of benzene rings is 1. The van der Waals surface area contributed by atoms with E-state index in [4.69, 9.17) is 11.6 Å². The van der Waals surface area contributed by atoms with Crippen molar-refractivity contribution in [2.75, 3.05) is 20.1 Å². The maximum absolute atomic E-state index is 12.5. The molecule has 21 heavy (non-hydrogen) atoms. The Balaban J connectivity index is 2.32. The van der Waals surface area contributed by atoms with Crippen LogP contribution in [0.3, 0.4) is 0 Å². The summed E-state index contributed by atoms with van der Waals surface area (Å²) in [7, 11) is -2.36. The Morgan fingerprint density at radius 3 is 2.38 bits per heavy atom. The largest absolute Gasteiger partial charge is 0.339 e. The molecule has 1 N–H and O–H groups in total. The molecule has 1 aliphatic heterocycles. The summed E-state index contributed by atoms with van der Waals surface area (Å²) in [6, 6.07) is 4.38. The van der Waals surface area contributed by atoms with Crippen molar-refractivity contribution in [1.29, 1.82) is 0 Å². The molecule has 1 aliphatic rings. The third-order valence-electron chi connectivity index (χ3n) is 3.63. The molecule has 1 aromatic rings. The molecule has 1 fully saturated rings. The Morgan fingerprint density at radius 2 is 1.81 bits per heavy atom. The van der Waals surface area contributed by atoms with E-state index in [0.717, 1.165) is 38.8 Å². The fourth-order valence-corrected chi connectivity index (χ4v) is 3.66. The van der Waals surface area contributed by atoms with Crippen molar-refractivity contribution in [2.45, 2.75) is 30.6 Å². The molecule has 0 aliphatic carbocycles. The van der Waals surface area contributed by atoms with E-state index in [-0.39, 0.29) is 15.8 Å². The van der Waals surface area contributed by atoms with Crippen molar-refractivity contribution >= 4 is 27.5 Å². The lowest BCUT2D eigenvalue weighted by Crippen LogP contribution is -2.32. The molecule has 0 saturated carbocycles. The second-order valence-electron chi connectivity index (χ2n) is 5.06. The van der Waals surface area contributed by atoms with Gasteiger partial charge in [0.1, 0.15) is 4.90 Å². The average Bonchev–Trinajstić information content (AvgIpc) is 2.76. The van der Waals surface area contributed by atoms with Crippen LogP contribution >= 0.6 is 11.6 Å². The number of sulfonamides is 1. The first-order valence-electron chi connectivity index (χ1n) is 6.98. The molecule has 1 heterocycles. The first-order chi connectivity index (χ1) is 9.95. The topological polar surface area (TPSA) is 66.5 Å². The van der Waals surface area contributed by atoms with Gasteiger partial charge >= 0.3 is 0 Å². The number of nitrogens with one attached hydrogen (secondary N) is 1. The molecule has 5 nitrogen and oxygen atoms in total. The van der Waals surface area contributed by atoms with Gasteiger partial charge in [-0.25, -0.2) is 13.1 Å². The van der Waals surface area contributed by atoms with Crippen molar-refractivity contribution in [2.24, 2.45) is 0 Å². The van der Waals surface area contributed by atoms with Gasteiger partial charge in [-0.15, -0.1) is 0 Å². The minimum atomic E-state index is -3.68. The molecular formula is C14H19ClN2O3S. The van der Waals surface area contributed by atoms with Gasteiger partial charge in [0.25, 0.3) is 5.91 Å². The van der Waals surface area contributed by atoms with Crippen LogP contribution in [0, 0.1) is 0 Å². The van der Waals surface area contributed by atoms with E-state index in [0.29, 0.717) is 5.56 Å². The third kappa shape index (κ3) is 3.75. The first-order valence-corrected chi connectivity index (χ1v) is 8.84. The van der Waals surface area contributed by atoms with Gasteiger partial charge in [-0.05, 0) is 38.1 Å². The molecule has 7 heteroatoms. The molecule has 1 aromatic carbocycles. The molecule has 0 spiro atoms. The lowest BCUT2D eigenvalue weighted by molar-refractivity contribution is 0.0761. The molecule has 0 radical (unpaired) electrons. The van der Waals surface area contributed by atoms with Crippen LogP contribution in [-0.4, -0.2) is 39.4 Å². The predicted molar refractivity (Wildman–Crippen MR) is 82.1 cm³/mol. The van der Waals surface area contributed by atoms with Crippen LogP contribution in [0.1, 0.15) is 36.0 Å². The summed E-state index contributed by atoms with van der Waals surface area (Å²) in [6.45, 7) is 1.44. The van der Waals surface area contributed by atoms with Crippen molar-refractivity contribution < 1.29 is 13.2 Å². The summed E-state index contributed by atoms with van der Waals surface area (Å²) in [6.07, 6.45) is 4.23. The van der Waals surface area contributed by atoms with E-state index in [2.05, 4.69) is 4.72 Å². The number of carbonyl (C=O) groups is 1. The maximum atomic E-state index is 12.5. The fraction of sp³-hybridized carbons (Fsp3) is 0.500. The van der Waals surface area contributed by atoms with E-state index in [1.165, 1.54) is 19.2 Å². The van der Waals surface area contributed by atoms with Crippen molar-refractivity contribution in [1.82, 2.24) is 9.62 Å². The van der Waals surface area contributed by atoms with Crippen LogP contribution in [0.4, 0.5) is 0 Å². The molecule has 2 rings (SSSR count). The maximum Gasteiger partial charge on any atom is 0.253 e. The van der Waals surface area contributed by atoms with Gasteiger partial charge in [-0.3, -0.25) is 4.79 Å². The Hall–Kier alpha value is -1.11. The molecule has 0 unspecified atom stereocenters. The number of hydrogen-bond donors (Lipinski definition) is 1. The molecule has 1 saturated heterocycles. The van der Waals surface area contributed by atoms with Crippen molar-refractivity contribution in [3.8, 4) is 0 Å². The normalized spacial score (nSPS) is 16.6. The highest BCUT2D eigenvalue weighted by Crippen LogP contribution is 2.23. The van der Waals surface area contributed by atoms with E-state index in [9.17, 15) is 13.2 Å². The van der Waals surface area contributed by atoms with Gasteiger partial charge in [0.05, 0.1) is 5.02 Å². The van der Waals surface area contributed by atoms with Gasteiger partial charge in [0, 0.05) is 18.7 Å². The Bertz CT molecular complexity index is 623. The molecule has 116 valence electrons. The number of nitrogens with zero attached hydrogens (tertiary/aromatic N) is 1. The zero-order chi connectivity index (χ0) is 15.5. The Kier molecular flexibility index (Phi) is 5.24. The van der Waals surface area contributed by atoms with E-state index in [1.807, 2.05) is 0 Å². The summed E-state index contributed by atoms with van der Waals surface area (Å²) in [4.78, 5) is 14.2. The highest BCUT2D eigenvalue weighted by Gasteiger charge is 2.22. The minimum absolute atomic E-state index is 0.0626. The quantitative estimate of drug-likeness (QED) is 0.924. The van der Waals surface area contributed by atoms with Gasteiger partial charge in [0.2, 0.25) is 10.0 Å². The van der Waals surface area contributed by atoms with E-state index >= 15 is 0 Å². The number of halogens is 1. The SMILES string of the molecule is CNS(=O)(=O)c1cc(C(=O)N2CCCCCC2)ccc1Cl. The van der Waals surface area contributed by atoms with Crippen molar-refractivity contribution in [3.63, 3.8) is 0 Å². The van der Waals surface area contributed by atoms with Crippen LogP contribution in [-0.2, 0) is 10.0 Å². The second-order valence-corrected chi connectivity index (χ2v) is 7.32. The van der Waals surface area contributed by atoms with E-state index in [1.54, 1.807) is 11.0 Å². The first kappa shape index (κ1) is 16.3. The fourth-order valence-electron chi connectivity index (χ4n) is 2.41. The highest BCUT2D eigenvalue weighted by atomic mass is 35.5. The molecule has 0 bridgehead atoms. The van der Waals surface area contributed by atoms with Crippen molar-refractivity contribution in [3.05, 3.63) is 28.8 Å². The highest BCUT2D eigenvalue weighted by molar-refractivity contribution is 7.89. The van der Waals surface area contributed by atoms with Gasteiger partial charge in [-0.2, -0.15) is 0 Å². The molecule has 1 amide bonds. The summed E-state index contributed by atoms with van der Waals surface area (Å²) < 4.78 is 26.0. The monoisotopic (exact) mass is 330 g/mol. The number of rotatable bonds is 3. The lowest BCUT2D eigenvalue weighted by Gasteiger charge is -2.20. The summed E-state index contributed by atoms with van der Waals surface area (Å²) >= 11 is 5.93. The van der Waals surface area contributed by atoms with Crippen LogP contribution in [0.2, 0.25) is 5.02 Å². The van der Waals surface area contributed by atoms with E-state index < -0.39 is 10.0 Å². The van der Waals surface area contributed by atoms with Crippen LogP contribution in [0.25, 0.3) is 0 Å². The lowest BCUT2D eigenvalue weighted by atomic mass is 10.2. The minimum Gasteiger partial charge on any atom is -0.339 e. The Labute approximate surface area is 130 Å². The third-order valence-corrected chi connectivity index (χ3v) is 5.53. The second kappa shape index (κ2) is 6.77. The standard InChI is InChI=1S/C14H19ClN2O3S/c1-16-21(19,20)13-10-11(6-7-12(13)15)14(18)17-8-4-2-3-5-9-17/h6-7,10,16H,2-5,8-9H2,1H3.